The minimum absolute atomic E-state index is 0.0754. The third-order valence-corrected chi connectivity index (χ3v) is 3.46. The van der Waals surface area contributed by atoms with Crippen LogP contribution in [-0.2, 0) is 14.3 Å². The van der Waals surface area contributed by atoms with Crippen LogP contribution in [0.1, 0.15) is 53.4 Å². The Morgan fingerprint density at radius 3 is 2.06 bits per heavy atom. The van der Waals surface area contributed by atoms with E-state index in [0.717, 1.165) is 25.7 Å². The second kappa shape index (κ2) is 5.72. The van der Waals surface area contributed by atoms with Gasteiger partial charge in [-0.2, -0.15) is 0 Å². The van der Waals surface area contributed by atoms with Crippen molar-refractivity contribution in [2.24, 2.45) is 17.8 Å². The first-order valence-corrected chi connectivity index (χ1v) is 6.66. The molecule has 1 aliphatic carbocycles. The normalized spacial score (nSPS) is 26.4. The zero-order valence-electron chi connectivity index (χ0n) is 11.7. The molecule has 0 saturated heterocycles. The highest BCUT2D eigenvalue weighted by atomic mass is 16.6. The largest absolute Gasteiger partial charge is 0.481 e. The minimum atomic E-state index is -1.05. The lowest BCUT2D eigenvalue weighted by Gasteiger charge is -2.31. The van der Waals surface area contributed by atoms with E-state index in [9.17, 15) is 14.7 Å². The highest BCUT2D eigenvalue weighted by Crippen LogP contribution is 2.34. The van der Waals surface area contributed by atoms with Crippen LogP contribution in [0.4, 0.5) is 0 Å². The van der Waals surface area contributed by atoms with E-state index < -0.39 is 23.5 Å². The van der Waals surface area contributed by atoms with Gasteiger partial charge in [-0.3, -0.25) is 9.59 Å². The molecule has 1 fully saturated rings. The van der Waals surface area contributed by atoms with E-state index in [0.29, 0.717) is 5.92 Å². The summed E-state index contributed by atoms with van der Waals surface area (Å²) in [7, 11) is 0. The molecule has 0 bridgehead atoms. The smallest absolute Gasteiger partial charge is 0.321 e. The Morgan fingerprint density at radius 2 is 1.67 bits per heavy atom. The predicted octanol–water partition coefficient (Wildman–Crippen LogP) is 2.86. The molecule has 4 heteroatoms. The first kappa shape index (κ1) is 15.0. The SMILES string of the molecule is CC1CCC(C(C(=O)O)C(=O)OC(C)(C)C)CC1. The molecule has 0 radical (unpaired) electrons. The fourth-order valence-electron chi connectivity index (χ4n) is 2.48. The highest BCUT2D eigenvalue weighted by molar-refractivity contribution is 5.94. The Bertz CT molecular complexity index is 308. The van der Waals surface area contributed by atoms with E-state index in [-0.39, 0.29) is 5.92 Å². The summed E-state index contributed by atoms with van der Waals surface area (Å²) in [5.74, 6) is -2.09. The third-order valence-electron chi connectivity index (χ3n) is 3.46. The third kappa shape index (κ3) is 4.31. The van der Waals surface area contributed by atoms with Gasteiger partial charge in [0.25, 0.3) is 0 Å². The first-order chi connectivity index (χ1) is 8.20. The van der Waals surface area contributed by atoms with E-state index in [1.54, 1.807) is 20.8 Å². The van der Waals surface area contributed by atoms with Crippen LogP contribution in [0, 0.1) is 17.8 Å². The average Bonchev–Trinajstić information content (AvgIpc) is 2.18. The number of hydrogen-bond donors (Lipinski definition) is 1. The molecule has 0 aromatic heterocycles. The molecule has 1 N–H and O–H groups in total. The van der Waals surface area contributed by atoms with Crippen LogP contribution >= 0.6 is 0 Å². The molecular weight excluding hydrogens is 232 g/mol. The standard InChI is InChI=1S/C14H24O4/c1-9-5-7-10(8-6-9)11(12(15)16)13(17)18-14(2,3)4/h9-11H,5-8H2,1-4H3,(H,15,16). The molecule has 0 aromatic rings. The Labute approximate surface area is 109 Å². The molecule has 0 aromatic carbocycles. The average molecular weight is 256 g/mol. The molecule has 1 rings (SSSR count). The minimum Gasteiger partial charge on any atom is -0.481 e. The summed E-state index contributed by atoms with van der Waals surface area (Å²) in [6, 6.07) is 0. The summed E-state index contributed by atoms with van der Waals surface area (Å²) in [5, 5.41) is 9.26. The van der Waals surface area contributed by atoms with Crippen molar-refractivity contribution in [3.63, 3.8) is 0 Å². The van der Waals surface area contributed by atoms with Gasteiger partial charge < -0.3 is 9.84 Å². The van der Waals surface area contributed by atoms with Crippen molar-refractivity contribution < 1.29 is 19.4 Å². The lowest BCUT2D eigenvalue weighted by atomic mass is 9.76. The van der Waals surface area contributed by atoms with Crippen molar-refractivity contribution in [2.75, 3.05) is 0 Å². The number of carbonyl (C=O) groups is 2. The van der Waals surface area contributed by atoms with Crippen LogP contribution in [0.2, 0.25) is 0 Å². The maximum Gasteiger partial charge on any atom is 0.321 e. The Kier molecular flexibility index (Phi) is 4.77. The van der Waals surface area contributed by atoms with Crippen LogP contribution in [0.5, 0.6) is 0 Å². The van der Waals surface area contributed by atoms with Gasteiger partial charge >= 0.3 is 11.9 Å². The zero-order valence-corrected chi connectivity index (χ0v) is 11.7. The van der Waals surface area contributed by atoms with Gasteiger partial charge in [0, 0.05) is 0 Å². The lowest BCUT2D eigenvalue weighted by Crippen LogP contribution is -2.38. The van der Waals surface area contributed by atoms with Crippen molar-refractivity contribution in [1.29, 1.82) is 0 Å². The van der Waals surface area contributed by atoms with Gasteiger partial charge in [0.05, 0.1) is 0 Å². The maximum atomic E-state index is 12.0. The van der Waals surface area contributed by atoms with E-state index in [2.05, 4.69) is 6.92 Å². The van der Waals surface area contributed by atoms with Gasteiger partial charge in [-0.15, -0.1) is 0 Å². The highest BCUT2D eigenvalue weighted by Gasteiger charge is 2.39. The van der Waals surface area contributed by atoms with Gasteiger partial charge in [-0.05, 0) is 45.4 Å². The Morgan fingerprint density at radius 1 is 1.17 bits per heavy atom. The number of carboxylic acids is 1. The van der Waals surface area contributed by atoms with Gasteiger partial charge in [-0.1, -0.05) is 19.8 Å². The van der Waals surface area contributed by atoms with Crippen molar-refractivity contribution >= 4 is 11.9 Å². The monoisotopic (exact) mass is 256 g/mol. The van der Waals surface area contributed by atoms with Crippen molar-refractivity contribution in [2.45, 2.75) is 59.0 Å². The summed E-state index contributed by atoms with van der Waals surface area (Å²) in [5.41, 5.74) is -0.632. The summed E-state index contributed by atoms with van der Waals surface area (Å²) < 4.78 is 5.22. The number of carboxylic acid groups (broad SMARTS) is 1. The maximum absolute atomic E-state index is 12.0. The van der Waals surface area contributed by atoms with E-state index in [1.807, 2.05) is 0 Å². The Balaban J connectivity index is 2.71. The topological polar surface area (TPSA) is 63.6 Å². The van der Waals surface area contributed by atoms with Gasteiger partial charge in [0.1, 0.15) is 5.60 Å². The number of esters is 1. The van der Waals surface area contributed by atoms with Crippen molar-refractivity contribution in [1.82, 2.24) is 0 Å². The van der Waals surface area contributed by atoms with E-state index >= 15 is 0 Å². The van der Waals surface area contributed by atoms with Crippen molar-refractivity contribution in [3.05, 3.63) is 0 Å². The molecular formula is C14H24O4. The van der Waals surface area contributed by atoms with E-state index in [4.69, 9.17) is 4.74 Å². The summed E-state index contributed by atoms with van der Waals surface area (Å²) in [6.07, 6.45) is 3.60. The van der Waals surface area contributed by atoms with Crippen LogP contribution in [0.25, 0.3) is 0 Å². The number of hydrogen-bond acceptors (Lipinski definition) is 3. The summed E-state index contributed by atoms with van der Waals surface area (Å²) in [6.45, 7) is 7.44. The number of ether oxygens (including phenoxy) is 1. The fraction of sp³-hybridized carbons (Fsp3) is 0.857. The molecule has 0 spiro atoms. The second-order valence-corrected chi connectivity index (χ2v) is 6.37. The van der Waals surface area contributed by atoms with Gasteiger partial charge in [-0.25, -0.2) is 0 Å². The van der Waals surface area contributed by atoms with Crippen LogP contribution in [-0.4, -0.2) is 22.6 Å². The molecule has 0 amide bonds. The molecule has 1 atom stereocenters. The van der Waals surface area contributed by atoms with Crippen molar-refractivity contribution in [3.8, 4) is 0 Å². The van der Waals surface area contributed by atoms with Crippen LogP contribution in [0.15, 0.2) is 0 Å². The molecule has 1 unspecified atom stereocenters. The van der Waals surface area contributed by atoms with E-state index in [1.165, 1.54) is 0 Å². The lowest BCUT2D eigenvalue weighted by molar-refractivity contribution is -0.170. The molecule has 0 aliphatic heterocycles. The number of aliphatic carboxylic acids is 1. The quantitative estimate of drug-likeness (QED) is 0.623. The molecule has 1 aliphatic rings. The van der Waals surface area contributed by atoms with Gasteiger partial charge in [0.2, 0.25) is 0 Å². The molecule has 18 heavy (non-hydrogen) atoms. The van der Waals surface area contributed by atoms with Crippen LogP contribution < -0.4 is 0 Å². The zero-order chi connectivity index (χ0) is 13.9. The summed E-state index contributed by atoms with van der Waals surface area (Å²) in [4.78, 5) is 23.3. The number of rotatable bonds is 3. The summed E-state index contributed by atoms with van der Waals surface area (Å²) >= 11 is 0. The predicted molar refractivity (Wildman–Crippen MR) is 68.1 cm³/mol. The first-order valence-electron chi connectivity index (χ1n) is 6.66. The number of carbonyl (C=O) groups excluding carboxylic acids is 1. The molecule has 1 saturated carbocycles. The van der Waals surface area contributed by atoms with Gasteiger partial charge in [0.15, 0.2) is 5.92 Å². The Hall–Kier alpha value is -1.06. The molecule has 0 heterocycles. The molecule has 104 valence electrons. The van der Waals surface area contributed by atoms with Crippen LogP contribution in [0.3, 0.4) is 0 Å². The fourth-order valence-corrected chi connectivity index (χ4v) is 2.48. The second-order valence-electron chi connectivity index (χ2n) is 6.37. The molecule has 4 nitrogen and oxygen atoms in total.